The van der Waals surface area contributed by atoms with Crippen molar-refractivity contribution in [3.05, 3.63) is 42.4 Å². The molecule has 1 N–H and O–H groups in total. The van der Waals surface area contributed by atoms with Crippen molar-refractivity contribution < 1.29 is 13.9 Å². The van der Waals surface area contributed by atoms with Crippen molar-refractivity contribution in [3.8, 4) is 5.82 Å². The zero-order valence-corrected chi connectivity index (χ0v) is 12.8. The number of aromatic nitrogens is 3. The van der Waals surface area contributed by atoms with E-state index in [9.17, 15) is 9.18 Å². The van der Waals surface area contributed by atoms with Crippen LogP contribution >= 0.6 is 0 Å². The number of nitrogens with one attached hydrogen (secondary N) is 1. The molecule has 0 spiro atoms. The van der Waals surface area contributed by atoms with Crippen LogP contribution in [0.1, 0.15) is 26.5 Å². The van der Waals surface area contributed by atoms with Crippen LogP contribution in [0.25, 0.3) is 5.82 Å². The molecule has 0 aliphatic carbocycles. The second-order valence-electron chi connectivity index (χ2n) is 5.77. The first-order valence-electron chi connectivity index (χ1n) is 6.95. The first kappa shape index (κ1) is 15.9. The summed E-state index contributed by atoms with van der Waals surface area (Å²) in [5.74, 6) is 0.183. The van der Waals surface area contributed by atoms with Crippen molar-refractivity contribution in [3.63, 3.8) is 0 Å². The topological polar surface area (TPSA) is 69.0 Å². The Morgan fingerprint density at radius 3 is 2.77 bits per heavy atom. The van der Waals surface area contributed by atoms with E-state index in [2.05, 4.69) is 15.3 Å². The second-order valence-corrected chi connectivity index (χ2v) is 5.77. The van der Waals surface area contributed by atoms with Gasteiger partial charge in [0.05, 0.1) is 6.20 Å². The van der Waals surface area contributed by atoms with Gasteiger partial charge in [-0.3, -0.25) is 4.57 Å². The maximum absolute atomic E-state index is 12.9. The zero-order chi connectivity index (χ0) is 16.2. The van der Waals surface area contributed by atoms with Gasteiger partial charge < -0.3 is 10.1 Å². The zero-order valence-electron chi connectivity index (χ0n) is 12.8. The molecular weight excluding hydrogens is 287 g/mol. The third-order valence-corrected chi connectivity index (χ3v) is 2.72. The normalized spacial score (nSPS) is 11.3. The van der Waals surface area contributed by atoms with E-state index in [-0.39, 0.29) is 0 Å². The number of carbonyl (C=O) groups is 1. The molecular formula is C15H19FN4O2. The molecule has 0 saturated carbocycles. The summed E-state index contributed by atoms with van der Waals surface area (Å²) in [5.41, 5.74) is 0.333. The van der Waals surface area contributed by atoms with Gasteiger partial charge in [-0.1, -0.05) is 0 Å². The summed E-state index contributed by atoms with van der Waals surface area (Å²) in [6.45, 7) is 5.83. The van der Waals surface area contributed by atoms with Gasteiger partial charge in [-0.15, -0.1) is 0 Å². The number of hydrogen-bond donors (Lipinski definition) is 1. The lowest BCUT2D eigenvalue weighted by molar-refractivity contribution is 0.0528. The van der Waals surface area contributed by atoms with Gasteiger partial charge in [-0.05, 0) is 32.9 Å². The number of hydrogen-bond acceptors (Lipinski definition) is 4. The third-order valence-electron chi connectivity index (χ3n) is 2.72. The molecule has 2 aromatic rings. The van der Waals surface area contributed by atoms with Crippen molar-refractivity contribution in [2.24, 2.45) is 0 Å². The molecule has 0 aliphatic heterocycles. The fourth-order valence-corrected chi connectivity index (χ4v) is 1.83. The SMILES string of the molecule is CC(C)(C)OC(=O)NCCc1cncn1-c1ccc(F)cn1. The van der Waals surface area contributed by atoms with Gasteiger partial charge in [0.15, 0.2) is 0 Å². The molecule has 22 heavy (non-hydrogen) atoms. The molecule has 1 amide bonds. The Morgan fingerprint density at radius 2 is 2.14 bits per heavy atom. The van der Waals surface area contributed by atoms with Crippen molar-refractivity contribution in [2.75, 3.05) is 6.54 Å². The monoisotopic (exact) mass is 306 g/mol. The molecule has 0 aromatic carbocycles. The summed E-state index contributed by atoms with van der Waals surface area (Å²) < 4.78 is 19.8. The highest BCUT2D eigenvalue weighted by Crippen LogP contribution is 2.10. The van der Waals surface area contributed by atoms with Crippen LogP contribution in [-0.2, 0) is 11.2 Å². The molecule has 0 saturated heterocycles. The highest BCUT2D eigenvalue weighted by molar-refractivity contribution is 5.67. The quantitative estimate of drug-likeness (QED) is 0.942. The Hall–Kier alpha value is -2.44. The van der Waals surface area contributed by atoms with E-state index in [0.717, 1.165) is 11.9 Å². The molecule has 0 atom stereocenters. The first-order valence-corrected chi connectivity index (χ1v) is 6.95. The Labute approximate surface area is 128 Å². The average molecular weight is 306 g/mol. The van der Waals surface area contributed by atoms with Crippen LogP contribution in [0, 0.1) is 5.82 Å². The Bertz CT molecular complexity index is 632. The minimum absolute atomic E-state index is 0.392. The summed E-state index contributed by atoms with van der Waals surface area (Å²) in [4.78, 5) is 19.6. The summed E-state index contributed by atoms with van der Waals surface area (Å²) in [7, 11) is 0. The Morgan fingerprint density at radius 1 is 1.36 bits per heavy atom. The fraction of sp³-hybridized carbons (Fsp3) is 0.400. The third kappa shape index (κ3) is 4.54. The number of nitrogens with zero attached hydrogens (tertiary/aromatic N) is 3. The maximum Gasteiger partial charge on any atom is 0.407 e. The van der Waals surface area contributed by atoms with Crippen molar-refractivity contribution in [1.29, 1.82) is 0 Å². The van der Waals surface area contributed by atoms with E-state index in [1.165, 1.54) is 6.07 Å². The van der Waals surface area contributed by atoms with E-state index in [0.29, 0.717) is 18.8 Å². The van der Waals surface area contributed by atoms with E-state index >= 15 is 0 Å². The van der Waals surface area contributed by atoms with E-state index in [1.807, 2.05) is 20.8 Å². The van der Waals surface area contributed by atoms with E-state index in [1.54, 1.807) is 23.2 Å². The predicted octanol–water partition coefficient (Wildman–Crippen LogP) is 2.47. The molecule has 0 bridgehead atoms. The fourth-order valence-electron chi connectivity index (χ4n) is 1.83. The summed E-state index contributed by atoms with van der Waals surface area (Å²) in [6.07, 6.45) is 4.53. The van der Waals surface area contributed by atoms with Gasteiger partial charge in [-0.2, -0.15) is 0 Å². The van der Waals surface area contributed by atoms with E-state index < -0.39 is 17.5 Å². The molecule has 2 heterocycles. The second kappa shape index (κ2) is 6.55. The summed E-state index contributed by atoms with van der Waals surface area (Å²) >= 11 is 0. The largest absolute Gasteiger partial charge is 0.444 e. The highest BCUT2D eigenvalue weighted by atomic mass is 19.1. The molecule has 0 aliphatic rings. The molecule has 6 nitrogen and oxygen atoms in total. The number of imidazole rings is 1. The van der Waals surface area contributed by atoms with Crippen LogP contribution in [0.15, 0.2) is 30.9 Å². The smallest absolute Gasteiger partial charge is 0.407 e. The number of ether oxygens (including phenoxy) is 1. The van der Waals surface area contributed by atoms with Crippen LogP contribution in [0.5, 0.6) is 0 Å². The van der Waals surface area contributed by atoms with Crippen LogP contribution in [0.3, 0.4) is 0 Å². The van der Waals surface area contributed by atoms with E-state index in [4.69, 9.17) is 4.74 Å². The number of carbonyl (C=O) groups excluding carboxylic acids is 1. The van der Waals surface area contributed by atoms with Gasteiger partial charge in [-0.25, -0.2) is 19.2 Å². The first-order chi connectivity index (χ1) is 10.3. The number of alkyl carbamates (subject to hydrolysis) is 1. The standard InChI is InChI=1S/C15H19FN4O2/c1-15(2,3)22-14(21)18-7-6-12-9-17-10-20(12)13-5-4-11(16)8-19-13/h4-5,8-10H,6-7H2,1-3H3,(H,18,21). The van der Waals surface area contributed by atoms with Crippen molar-refractivity contribution in [2.45, 2.75) is 32.8 Å². The molecule has 0 fully saturated rings. The summed E-state index contributed by atoms with van der Waals surface area (Å²) in [5, 5.41) is 2.68. The number of rotatable bonds is 4. The summed E-state index contributed by atoms with van der Waals surface area (Å²) in [6, 6.07) is 2.91. The Balaban J connectivity index is 1.93. The highest BCUT2D eigenvalue weighted by Gasteiger charge is 2.15. The van der Waals surface area contributed by atoms with Gasteiger partial charge >= 0.3 is 6.09 Å². The van der Waals surface area contributed by atoms with Crippen molar-refractivity contribution >= 4 is 6.09 Å². The average Bonchev–Trinajstić information content (AvgIpc) is 2.86. The molecule has 7 heteroatoms. The Kier molecular flexibility index (Phi) is 4.75. The lowest BCUT2D eigenvalue weighted by Gasteiger charge is -2.19. The van der Waals surface area contributed by atoms with Crippen molar-refractivity contribution in [1.82, 2.24) is 19.9 Å². The number of amides is 1. The van der Waals surface area contributed by atoms with Gasteiger partial charge in [0, 0.05) is 24.9 Å². The van der Waals surface area contributed by atoms with Crippen LogP contribution in [-0.4, -0.2) is 32.8 Å². The number of halogens is 1. The molecule has 118 valence electrons. The minimum atomic E-state index is -0.524. The van der Waals surface area contributed by atoms with Crippen LogP contribution < -0.4 is 5.32 Å². The lowest BCUT2D eigenvalue weighted by atomic mass is 10.2. The maximum atomic E-state index is 12.9. The predicted molar refractivity (Wildman–Crippen MR) is 79.3 cm³/mol. The molecule has 0 radical (unpaired) electrons. The van der Waals surface area contributed by atoms with Crippen LogP contribution in [0.2, 0.25) is 0 Å². The molecule has 0 unspecified atom stereocenters. The van der Waals surface area contributed by atoms with Crippen LogP contribution in [0.4, 0.5) is 9.18 Å². The minimum Gasteiger partial charge on any atom is -0.444 e. The molecule has 2 rings (SSSR count). The van der Waals surface area contributed by atoms with Gasteiger partial charge in [0.2, 0.25) is 0 Å². The van der Waals surface area contributed by atoms with Gasteiger partial charge in [0.1, 0.15) is 23.6 Å². The number of pyridine rings is 1. The molecule has 2 aromatic heterocycles. The van der Waals surface area contributed by atoms with Gasteiger partial charge in [0.25, 0.3) is 0 Å². The lowest BCUT2D eigenvalue weighted by Crippen LogP contribution is -2.33.